The molecular formula is C26H26ClNO4. The molecule has 1 aliphatic rings. The molecule has 6 heteroatoms. The van der Waals surface area contributed by atoms with Crippen LogP contribution in [0.2, 0.25) is 5.02 Å². The second kappa shape index (κ2) is 9.63. The summed E-state index contributed by atoms with van der Waals surface area (Å²) in [7, 11) is 4.70. The van der Waals surface area contributed by atoms with Gasteiger partial charge in [0.2, 0.25) is 0 Å². The van der Waals surface area contributed by atoms with Gasteiger partial charge in [0, 0.05) is 18.1 Å². The predicted molar refractivity (Wildman–Crippen MR) is 125 cm³/mol. The Bertz CT molecular complexity index is 1110. The van der Waals surface area contributed by atoms with E-state index in [0.29, 0.717) is 16.3 Å². The summed E-state index contributed by atoms with van der Waals surface area (Å²) in [4.78, 5) is 14.2. The van der Waals surface area contributed by atoms with Crippen LogP contribution < -0.4 is 9.47 Å². The van der Waals surface area contributed by atoms with E-state index in [2.05, 4.69) is 23.1 Å². The molecule has 0 spiro atoms. The molecule has 0 fully saturated rings. The first-order valence-corrected chi connectivity index (χ1v) is 10.8. The summed E-state index contributed by atoms with van der Waals surface area (Å²) in [6.45, 7) is 1.60. The highest BCUT2D eigenvalue weighted by Gasteiger charge is 2.30. The lowest BCUT2D eigenvalue weighted by Crippen LogP contribution is -2.35. The Kier molecular flexibility index (Phi) is 6.68. The Morgan fingerprint density at radius 1 is 1.00 bits per heavy atom. The Balaban J connectivity index is 1.73. The van der Waals surface area contributed by atoms with Crippen LogP contribution in [0.3, 0.4) is 0 Å². The molecule has 32 heavy (non-hydrogen) atoms. The van der Waals surface area contributed by atoms with E-state index in [9.17, 15) is 4.79 Å². The van der Waals surface area contributed by atoms with Crippen molar-refractivity contribution in [3.63, 3.8) is 0 Å². The maximum atomic E-state index is 11.8. The van der Waals surface area contributed by atoms with Crippen LogP contribution in [0.4, 0.5) is 0 Å². The standard InChI is InChI=1S/C26H26ClNO4/c1-30-23-14-19-11-12-28(16-17-7-9-18(10-8-17)26(29)32-3)25(22(19)15-24(23)31-2)20-5-4-6-21(27)13-20/h4-10,13-15,25H,11-12,16H2,1-3H3/t25-/m1/s1. The molecule has 0 radical (unpaired) electrons. The molecule has 1 heterocycles. The monoisotopic (exact) mass is 451 g/mol. The van der Waals surface area contributed by atoms with Crippen molar-refractivity contribution in [3.8, 4) is 11.5 Å². The summed E-state index contributed by atoms with van der Waals surface area (Å²) in [6.07, 6.45) is 0.896. The smallest absolute Gasteiger partial charge is 0.337 e. The van der Waals surface area contributed by atoms with Crippen LogP contribution in [0, 0.1) is 0 Å². The first kappa shape index (κ1) is 22.2. The van der Waals surface area contributed by atoms with Crippen molar-refractivity contribution < 1.29 is 19.0 Å². The fourth-order valence-corrected chi connectivity index (χ4v) is 4.53. The fraction of sp³-hybridized carbons (Fsp3) is 0.269. The van der Waals surface area contributed by atoms with Gasteiger partial charge in [-0.3, -0.25) is 4.90 Å². The number of fused-ring (bicyclic) bond motifs is 1. The number of hydrogen-bond acceptors (Lipinski definition) is 5. The minimum atomic E-state index is -0.332. The maximum Gasteiger partial charge on any atom is 0.337 e. The van der Waals surface area contributed by atoms with E-state index >= 15 is 0 Å². The summed E-state index contributed by atoms with van der Waals surface area (Å²) in [6, 6.07) is 19.7. The Labute approximate surface area is 193 Å². The van der Waals surface area contributed by atoms with Crippen LogP contribution >= 0.6 is 11.6 Å². The number of rotatable bonds is 6. The van der Waals surface area contributed by atoms with Crippen molar-refractivity contribution in [1.82, 2.24) is 4.90 Å². The molecule has 3 aromatic carbocycles. The first-order valence-electron chi connectivity index (χ1n) is 10.5. The van der Waals surface area contributed by atoms with Gasteiger partial charge in [-0.05, 0) is 65.1 Å². The number of nitrogens with zero attached hydrogens (tertiary/aromatic N) is 1. The topological polar surface area (TPSA) is 48.0 Å². The number of methoxy groups -OCH3 is 3. The third-order valence-electron chi connectivity index (χ3n) is 5.90. The molecule has 0 aromatic heterocycles. The van der Waals surface area contributed by atoms with E-state index in [-0.39, 0.29) is 12.0 Å². The van der Waals surface area contributed by atoms with Crippen LogP contribution in [0.25, 0.3) is 0 Å². The summed E-state index contributed by atoms with van der Waals surface area (Å²) >= 11 is 6.36. The van der Waals surface area contributed by atoms with Crippen LogP contribution in [-0.4, -0.2) is 38.7 Å². The van der Waals surface area contributed by atoms with Crippen molar-refractivity contribution >= 4 is 17.6 Å². The zero-order valence-corrected chi connectivity index (χ0v) is 19.2. The summed E-state index contributed by atoms with van der Waals surface area (Å²) < 4.78 is 15.9. The molecule has 0 aliphatic carbocycles. The van der Waals surface area contributed by atoms with Crippen LogP contribution in [0.5, 0.6) is 11.5 Å². The molecule has 0 N–H and O–H groups in total. The average molecular weight is 452 g/mol. The predicted octanol–water partition coefficient (Wildman–Crippen LogP) is 5.29. The largest absolute Gasteiger partial charge is 0.493 e. The minimum Gasteiger partial charge on any atom is -0.493 e. The van der Waals surface area contributed by atoms with Gasteiger partial charge in [-0.15, -0.1) is 0 Å². The van der Waals surface area contributed by atoms with E-state index in [0.717, 1.165) is 36.4 Å². The van der Waals surface area contributed by atoms with Crippen molar-refractivity contribution in [2.45, 2.75) is 19.0 Å². The van der Waals surface area contributed by atoms with Gasteiger partial charge in [0.15, 0.2) is 11.5 Å². The molecule has 0 unspecified atom stereocenters. The molecule has 0 saturated carbocycles. The van der Waals surface area contributed by atoms with Crippen molar-refractivity contribution in [2.24, 2.45) is 0 Å². The molecule has 166 valence electrons. The highest BCUT2D eigenvalue weighted by atomic mass is 35.5. The average Bonchev–Trinajstić information content (AvgIpc) is 2.82. The Morgan fingerprint density at radius 2 is 1.72 bits per heavy atom. The molecule has 1 aliphatic heterocycles. The Morgan fingerprint density at radius 3 is 2.38 bits per heavy atom. The van der Waals surface area contributed by atoms with Crippen molar-refractivity contribution in [3.05, 3.63) is 93.5 Å². The molecule has 0 saturated heterocycles. The van der Waals surface area contributed by atoms with Gasteiger partial charge < -0.3 is 14.2 Å². The molecule has 3 aromatic rings. The van der Waals surface area contributed by atoms with Gasteiger partial charge in [-0.25, -0.2) is 4.79 Å². The molecule has 0 amide bonds. The van der Waals surface area contributed by atoms with Crippen LogP contribution in [0.15, 0.2) is 60.7 Å². The number of benzene rings is 3. The van der Waals surface area contributed by atoms with E-state index in [1.54, 1.807) is 26.4 Å². The van der Waals surface area contributed by atoms with Gasteiger partial charge in [-0.1, -0.05) is 35.9 Å². The molecule has 1 atom stereocenters. The first-order chi connectivity index (χ1) is 15.5. The maximum absolute atomic E-state index is 11.8. The minimum absolute atomic E-state index is 0.0116. The van der Waals surface area contributed by atoms with Gasteiger partial charge in [0.25, 0.3) is 0 Å². The van der Waals surface area contributed by atoms with Gasteiger partial charge >= 0.3 is 5.97 Å². The molecular weight excluding hydrogens is 426 g/mol. The van der Waals surface area contributed by atoms with Crippen molar-refractivity contribution in [1.29, 1.82) is 0 Å². The zero-order chi connectivity index (χ0) is 22.7. The lowest BCUT2D eigenvalue weighted by Gasteiger charge is -2.38. The normalized spacial score (nSPS) is 15.7. The third-order valence-corrected chi connectivity index (χ3v) is 6.13. The van der Waals surface area contributed by atoms with E-state index in [1.165, 1.54) is 18.2 Å². The molecule has 4 rings (SSSR count). The number of halogens is 1. The number of ether oxygens (including phenoxy) is 3. The zero-order valence-electron chi connectivity index (χ0n) is 18.4. The lowest BCUT2D eigenvalue weighted by atomic mass is 9.87. The van der Waals surface area contributed by atoms with Crippen LogP contribution in [0.1, 0.15) is 38.7 Å². The van der Waals surface area contributed by atoms with E-state index in [4.69, 9.17) is 25.8 Å². The number of carbonyl (C=O) groups excluding carboxylic acids is 1. The number of esters is 1. The summed E-state index contributed by atoms with van der Waals surface area (Å²) in [5.41, 5.74) is 5.21. The second-order valence-electron chi connectivity index (χ2n) is 7.77. The second-order valence-corrected chi connectivity index (χ2v) is 8.21. The lowest BCUT2D eigenvalue weighted by molar-refractivity contribution is 0.0600. The fourth-order valence-electron chi connectivity index (χ4n) is 4.33. The van der Waals surface area contributed by atoms with E-state index in [1.807, 2.05) is 30.3 Å². The van der Waals surface area contributed by atoms with Gasteiger partial charge in [0.1, 0.15) is 0 Å². The quantitative estimate of drug-likeness (QED) is 0.476. The number of hydrogen-bond donors (Lipinski definition) is 0. The molecule has 0 bridgehead atoms. The molecule has 5 nitrogen and oxygen atoms in total. The SMILES string of the molecule is COC(=O)c1ccc(CN2CCc3cc(OC)c(OC)cc3[C@H]2c2cccc(Cl)c2)cc1. The van der Waals surface area contributed by atoms with Gasteiger partial charge in [0.05, 0.1) is 32.9 Å². The number of carbonyl (C=O) groups is 1. The van der Waals surface area contributed by atoms with Gasteiger partial charge in [-0.2, -0.15) is 0 Å². The van der Waals surface area contributed by atoms with Crippen LogP contribution in [-0.2, 0) is 17.7 Å². The highest BCUT2D eigenvalue weighted by molar-refractivity contribution is 6.30. The Hall–Kier alpha value is -3.02. The summed E-state index contributed by atoms with van der Waals surface area (Å²) in [5.74, 6) is 1.12. The third kappa shape index (κ3) is 4.45. The summed E-state index contributed by atoms with van der Waals surface area (Å²) in [5, 5.41) is 0.706. The van der Waals surface area contributed by atoms with E-state index < -0.39 is 0 Å². The highest BCUT2D eigenvalue weighted by Crippen LogP contribution is 2.42. The van der Waals surface area contributed by atoms with Crippen molar-refractivity contribution in [2.75, 3.05) is 27.9 Å².